The lowest BCUT2D eigenvalue weighted by atomic mass is 10.1. The number of rotatable bonds is 6. The zero-order valence-corrected chi connectivity index (χ0v) is 20.8. The molecule has 0 N–H and O–H groups in total. The third kappa shape index (κ3) is 4.60. The molecule has 6 rings (SSSR count). The summed E-state index contributed by atoms with van der Waals surface area (Å²) < 4.78 is 47.4. The summed E-state index contributed by atoms with van der Waals surface area (Å²) in [5.41, 5.74) is 1.47. The number of nitrogens with zero attached hydrogens (tertiary/aromatic N) is 8. The Morgan fingerprint density at radius 1 is 1.03 bits per heavy atom. The van der Waals surface area contributed by atoms with E-state index in [2.05, 4.69) is 24.9 Å². The van der Waals surface area contributed by atoms with E-state index in [1.165, 1.54) is 41.9 Å². The lowest BCUT2D eigenvalue weighted by molar-refractivity contribution is -0.140. The van der Waals surface area contributed by atoms with Crippen LogP contribution in [0.15, 0.2) is 54.0 Å². The van der Waals surface area contributed by atoms with Crippen molar-refractivity contribution in [3.05, 3.63) is 76.5 Å². The van der Waals surface area contributed by atoms with Crippen LogP contribution in [0.5, 0.6) is 5.88 Å². The second-order valence-corrected chi connectivity index (χ2v) is 9.26. The first-order valence-electron chi connectivity index (χ1n) is 12.0. The molecule has 198 valence electrons. The van der Waals surface area contributed by atoms with Gasteiger partial charge in [-0.15, -0.1) is 0 Å². The van der Waals surface area contributed by atoms with E-state index in [1.807, 2.05) is 0 Å². The van der Waals surface area contributed by atoms with Gasteiger partial charge in [0.15, 0.2) is 17.3 Å². The van der Waals surface area contributed by atoms with Gasteiger partial charge in [-0.2, -0.15) is 13.2 Å². The van der Waals surface area contributed by atoms with E-state index in [-0.39, 0.29) is 29.5 Å². The Kier molecular flexibility index (Phi) is 5.85. The highest BCUT2D eigenvalue weighted by molar-refractivity contribution is 5.78. The smallest absolute Gasteiger partial charge is 0.434 e. The number of pyridine rings is 2. The fourth-order valence-electron chi connectivity index (χ4n) is 4.43. The van der Waals surface area contributed by atoms with Crippen molar-refractivity contribution in [3.8, 4) is 28.8 Å². The second-order valence-electron chi connectivity index (χ2n) is 9.26. The molecule has 0 radical (unpaired) electrons. The van der Waals surface area contributed by atoms with E-state index in [4.69, 9.17) is 9.72 Å². The number of imidazole rings is 1. The van der Waals surface area contributed by atoms with Crippen molar-refractivity contribution in [1.29, 1.82) is 0 Å². The minimum Gasteiger partial charge on any atom is -0.480 e. The average Bonchev–Trinajstić information content (AvgIpc) is 3.70. The highest BCUT2D eigenvalue weighted by atomic mass is 19.4. The van der Waals surface area contributed by atoms with Gasteiger partial charge in [0.1, 0.15) is 23.2 Å². The van der Waals surface area contributed by atoms with Crippen LogP contribution < -0.4 is 10.3 Å². The van der Waals surface area contributed by atoms with Crippen LogP contribution in [0.1, 0.15) is 35.7 Å². The molecule has 39 heavy (non-hydrogen) atoms. The molecule has 0 spiro atoms. The maximum Gasteiger partial charge on any atom is 0.434 e. The number of hydrogen-bond acceptors (Lipinski definition) is 8. The maximum absolute atomic E-state index is 13.1. The van der Waals surface area contributed by atoms with Crippen LogP contribution >= 0.6 is 0 Å². The molecule has 5 heterocycles. The summed E-state index contributed by atoms with van der Waals surface area (Å²) in [6, 6.07) is 6.35. The molecule has 0 amide bonds. The van der Waals surface area contributed by atoms with Crippen LogP contribution in [0.25, 0.3) is 33.9 Å². The topological polar surface area (TPSA) is 114 Å². The number of hydrogen-bond donors (Lipinski definition) is 0. The fourth-order valence-corrected chi connectivity index (χ4v) is 4.43. The fraction of sp³-hybridized carbons (Fsp3) is 0.269. The Labute approximate surface area is 219 Å². The van der Waals surface area contributed by atoms with E-state index < -0.39 is 11.9 Å². The standard InChI is InChI=1S/C26H21F3N8O2/c1-36-12-18(26(27,28)29)34-24(36)17-7-3-14(9-30-17)11-37-19(38)8-6-16-10-31-22(35-23(16)37)20-21(15-4-5-15)32-13-33-25(20)39-2/h3,6-10,12-13,15H,4-5,11H2,1-2H3. The molecule has 0 saturated heterocycles. The number of aromatic nitrogens is 8. The molecular weight excluding hydrogens is 513 g/mol. The van der Waals surface area contributed by atoms with Gasteiger partial charge in [-0.25, -0.2) is 24.9 Å². The van der Waals surface area contributed by atoms with Crippen LogP contribution in [0.3, 0.4) is 0 Å². The third-order valence-electron chi connectivity index (χ3n) is 6.51. The van der Waals surface area contributed by atoms with Crippen LogP contribution in [0.4, 0.5) is 13.2 Å². The van der Waals surface area contributed by atoms with E-state index >= 15 is 0 Å². The first-order chi connectivity index (χ1) is 18.7. The van der Waals surface area contributed by atoms with Gasteiger partial charge in [0, 0.05) is 43.0 Å². The summed E-state index contributed by atoms with van der Waals surface area (Å²) in [4.78, 5) is 38.9. The minimum absolute atomic E-state index is 0.0825. The van der Waals surface area contributed by atoms with Crippen molar-refractivity contribution in [2.45, 2.75) is 31.5 Å². The molecule has 0 bridgehead atoms. The molecule has 1 aliphatic rings. The van der Waals surface area contributed by atoms with Gasteiger partial charge in [0.2, 0.25) is 5.88 Å². The van der Waals surface area contributed by atoms with E-state index in [9.17, 15) is 18.0 Å². The molecule has 5 aromatic heterocycles. The van der Waals surface area contributed by atoms with Crippen molar-refractivity contribution < 1.29 is 17.9 Å². The Morgan fingerprint density at radius 3 is 2.51 bits per heavy atom. The van der Waals surface area contributed by atoms with Gasteiger partial charge < -0.3 is 9.30 Å². The third-order valence-corrected chi connectivity index (χ3v) is 6.51. The molecule has 0 atom stereocenters. The second kappa shape index (κ2) is 9.26. The summed E-state index contributed by atoms with van der Waals surface area (Å²) in [5.74, 6) is 1.08. The Balaban J connectivity index is 1.38. The molecule has 5 aromatic rings. The Morgan fingerprint density at radius 2 is 1.85 bits per heavy atom. The molecule has 1 aliphatic carbocycles. The monoisotopic (exact) mass is 534 g/mol. The zero-order chi connectivity index (χ0) is 27.3. The summed E-state index contributed by atoms with van der Waals surface area (Å²) in [6.45, 7) is 0.131. The van der Waals surface area contributed by atoms with Crippen molar-refractivity contribution in [3.63, 3.8) is 0 Å². The van der Waals surface area contributed by atoms with Gasteiger partial charge in [0.25, 0.3) is 5.56 Å². The predicted octanol–water partition coefficient (Wildman–Crippen LogP) is 4.00. The highest BCUT2D eigenvalue weighted by Gasteiger charge is 2.35. The minimum atomic E-state index is -4.55. The van der Waals surface area contributed by atoms with Crippen LogP contribution in [-0.2, 0) is 19.8 Å². The quantitative estimate of drug-likeness (QED) is 0.321. The van der Waals surface area contributed by atoms with Gasteiger partial charge in [-0.1, -0.05) is 6.07 Å². The van der Waals surface area contributed by atoms with Crippen LogP contribution in [0.2, 0.25) is 0 Å². The normalized spacial score (nSPS) is 13.7. The molecule has 13 heteroatoms. The lowest BCUT2D eigenvalue weighted by Crippen LogP contribution is -2.21. The molecular formula is C26H21F3N8O2. The van der Waals surface area contributed by atoms with Crippen LogP contribution in [-0.4, -0.2) is 46.1 Å². The van der Waals surface area contributed by atoms with Gasteiger partial charge in [0.05, 0.1) is 19.3 Å². The molecule has 1 fully saturated rings. The largest absolute Gasteiger partial charge is 0.480 e. The Hall–Kier alpha value is -4.68. The molecule has 10 nitrogen and oxygen atoms in total. The Bertz CT molecular complexity index is 1760. The molecule has 0 unspecified atom stereocenters. The summed E-state index contributed by atoms with van der Waals surface area (Å²) in [7, 11) is 2.99. The summed E-state index contributed by atoms with van der Waals surface area (Å²) in [5, 5.41) is 0.652. The number of alkyl halides is 3. The van der Waals surface area contributed by atoms with Gasteiger partial charge in [-0.05, 0) is 30.5 Å². The van der Waals surface area contributed by atoms with E-state index in [0.29, 0.717) is 33.9 Å². The van der Waals surface area contributed by atoms with Crippen molar-refractivity contribution in [2.24, 2.45) is 7.05 Å². The maximum atomic E-state index is 13.1. The zero-order valence-electron chi connectivity index (χ0n) is 20.8. The number of halogens is 3. The van der Waals surface area contributed by atoms with E-state index in [0.717, 1.165) is 24.7 Å². The van der Waals surface area contributed by atoms with Crippen LogP contribution in [0, 0.1) is 0 Å². The number of aryl methyl sites for hydroxylation is 1. The lowest BCUT2D eigenvalue weighted by Gasteiger charge is -2.13. The number of fused-ring (bicyclic) bond motifs is 1. The predicted molar refractivity (Wildman–Crippen MR) is 134 cm³/mol. The molecule has 1 saturated carbocycles. The average molecular weight is 535 g/mol. The first kappa shape index (κ1) is 24.6. The summed E-state index contributed by atoms with van der Waals surface area (Å²) >= 11 is 0. The van der Waals surface area contributed by atoms with Gasteiger partial charge >= 0.3 is 6.18 Å². The van der Waals surface area contributed by atoms with Crippen molar-refractivity contribution >= 4 is 11.0 Å². The van der Waals surface area contributed by atoms with Crippen molar-refractivity contribution in [1.82, 2.24) is 39.0 Å². The molecule has 0 aliphatic heterocycles. The molecule has 0 aromatic carbocycles. The number of methoxy groups -OCH3 is 1. The first-order valence-corrected chi connectivity index (χ1v) is 12.0. The van der Waals surface area contributed by atoms with Crippen molar-refractivity contribution in [2.75, 3.05) is 7.11 Å². The number of ether oxygens (including phenoxy) is 1. The summed E-state index contributed by atoms with van der Waals surface area (Å²) in [6.07, 6.45) is 2.97. The van der Waals surface area contributed by atoms with E-state index in [1.54, 1.807) is 24.4 Å². The van der Waals surface area contributed by atoms with Gasteiger partial charge in [-0.3, -0.25) is 14.3 Å². The SMILES string of the molecule is COc1ncnc(C2CC2)c1-c1ncc2ccc(=O)n(Cc3ccc(-c4nc(C(F)(F)F)cn4C)nc3)c2n1. The highest BCUT2D eigenvalue weighted by Crippen LogP contribution is 2.44.